The van der Waals surface area contributed by atoms with Crippen LogP contribution in [0.2, 0.25) is 0 Å². The van der Waals surface area contributed by atoms with E-state index in [1.165, 1.54) is 5.39 Å². The smallest absolute Gasteiger partial charge is 0.264 e. The Hall–Kier alpha value is -5.74. The number of aromatic nitrogens is 3. The molecule has 1 fully saturated rings. The van der Waals surface area contributed by atoms with Crippen molar-refractivity contribution < 1.29 is 42.9 Å². The van der Waals surface area contributed by atoms with Gasteiger partial charge in [0.15, 0.2) is 0 Å². The van der Waals surface area contributed by atoms with Gasteiger partial charge in [0, 0.05) is 72.2 Å². The number of carbonyl (C=O) groups excluding carboxylic acids is 4. The highest BCUT2D eigenvalue weighted by atomic mass is 16.6. The van der Waals surface area contributed by atoms with Crippen LogP contribution in [-0.4, -0.2) is 115 Å². The highest BCUT2D eigenvalue weighted by Gasteiger charge is 2.45. The van der Waals surface area contributed by atoms with Crippen molar-refractivity contribution in [2.45, 2.75) is 18.9 Å². The monoisotopic (exact) mass is 750 g/mol. The van der Waals surface area contributed by atoms with Gasteiger partial charge in [-0.1, -0.05) is 18.2 Å². The molecule has 2 aliphatic heterocycles. The number of aryl methyl sites for hydroxylation is 1. The number of piperidine rings is 1. The van der Waals surface area contributed by atoms with Gasteiger partial charge in [0.25, 0.3) is 11.8 Å². The average molecular weight is 751 g/mol. The van der Waals surface area contributed by atoms with Crippen LogP contribution in [0.1, 0.15) is 33.6 Å². The number of carbonyl (C=O) groups is 4. The summed E-state index contributed by atoms with van der Waals surface area (Å²) < 4.78 is 30.2. The first-order valence-corrected chi connectivity index (χ1v) is 18.2. The molecule has 286 valence electrons. The van der Waals surface area contributed by atoms with Crippen molar-refractivity contribution in [2.75, 3.05) is 71.3 Å². The predicted octanol–water partition coefficient (Wildman–Crippen LogP) is 3.75. The third-order valence-corrected chi connectivity index (χ3v) is 9.50. The number of amides is 4. The van der Waals surface area contributed by atoms with Crippen LogP contribution in [0.3, 0.4) is 0 Å². The second-order valence-electron chi connectivity index (χ2n) is 13.0. The van der Waals surface area contributed by atoms with E-state index in [2.05, 4.69) is 50.4 Å². The third kappa shape index (κ3) is 8.49. The molecule has 4 amide bonds. The number of hydrogen-bond donors (Lipinski definition) is 2. The summed E-state index contributed by atoms with van der Waals surface area (Å²) in [5.74, 6) is -1.63. The summed E-state index contributed by atoms with van der Waals surface area (Å²) in [6, 6.07) is 16.2. The van der Waals surface area contributed by atoms with Gasteiger partial charge in [-0.2, -0.15) is 0 Å². The molecule has 3 aromatic heterocycles. The van der Waals surface area contributed by atoms with Crippen molar-refractivity contribution in [3.63, 3.8) is 0 Å². The van der Waals surface area contributed by atoms with Gasteiger partial charge in [-0.05, 0) is 42.3 Å². The molecule has 5 aromatic rings. The molecule has 1 saturated heterocycles. The molecule has 0 saturated carbocycles. The standard InChI is InChI=1S/C40H42N6O9/c1-45-32-11-12-41-25-30(32)28-7-5-26(23-34(28)45)27-6-10-36(43-24-27)55-22-21-54-20-19-53-18-17-52-16-15-51-14-13-42-31-4-2-3-29-37(31)40(50)46(39(29)49)33-8-9-35(47)44-38(33)48/h2-7,10-12,23-25,33,42H,8-9,13-22H2,1H3,(H,44,47,48). The number of pyridine rings is 2. The minimum Gasteiger partial charge on any atom is -0.475 e. The van der Waals surface area contributed by atoms with Crippen LogP contribution in [0.15, 0.2) is 73.2 Å². The lowest BCUT2D eigenvalue weighted by Crippen LogP contribution is -2.54. The van der Waals surface area contributed by atoms with Crippen molar-refractivity contribution in [1.82, 2.24) is 24.8 Å². The summed E-state index contributed by atoms with van der Waals surface area (Å²) in [6.07, 6.45) is 5.70. The first-order chi connectivity index (χ1) is 26.9. The predicted molar refractivity (Wildman–Crippen MR) is 202 cm³/mol. The van der Waals surface area contributed by atoms with E-state index < -0.39 is 29.7 Å². The van der Waals surface area contributed by atoms with E-state index in [9.17, 15) is 19.2 Å². The summed E-state index contributed by atoms with van der Waals surface area (Å²) >= 11 is 0. The third-order valence-electron chi connectivity index (χ3n) is 9.50. The lowest BCUT2D eigenvalue weighted by atomic mass is 10.0. The van der Waals surface area contributed by atoms with Crippen molar-refractivity contribution in [3.05, 3.63) is 84.3 Å². The fraction of sp³-hybridized carbons (Fsp3) is 0.350. The van der Waals surface area contributed by atoms with Crippen molar-refractivity contribution in [2.24, 2.45) is 7.05 Å². The van der Waals surface area contributed by atoms with Gasteiger partial charge < -0.3 is 33.6 Å². The maximum Gasteiger partial charge on any atom is 0.264 e. The topological polar surface area (TPSA) is 172 Å². The Balaban J connectivity index is 0.705. The maximum atomic E-state index is 13.2. The maximum absolute atomic E-state index is 13.2. The molecule has 0 radical (unpaired) electrons. The van der Waals surface area contributed by atoms with E-state index in [1.807, 2.05) is 36.8 Å². The molecule has 0 aliphatic carbocycles. The molecule has 55 heavy (non-hydrogen) atoms. The Labute approximate surface area is 316 Å². The molecule has 0 spiro atoms. The first-order valence-electron chi connectivity index (χ1n) is 18.2. The zero-order valence-corrected chi connectivity index (χ0v) is 30.5. The van der Waals surface area contributed by atoms with Crippen molar-refractivity contribution >= 4 is 51.1 Å². The van der Waals surface area contributed by atoms with Crippen LogP contribution >= 0.6 is 0 Å². The Morgan fingerprint density at radius 1 is 0.764 bits per heavy atom. The molecule has 0 bridgehead atoms. The molecular formula is C40H42N6O9. The Bertz CT molecular complexity index is 2190. The number of nitrogens with one attached hydrogen (secondary N) is 2. The van der Waals surface area contributed by atoms with Gasteiger partial charge in [0.1, 0.15) is 12.6 Å². The van der Waals surface area contributed by atoms with E-state index in [0.29, 0.717) is 77.6 Å². The van der Waals surface area contributed by atoms with Gasteiger partial charge in [-0.3, -0.25) is 34.4 Å². The highest BCUT2D eigenvalue weighted by molar-refractivity contribution is 6.25. The molecule has 2 aliphatic rings. The lowest BCUT2D eigenvalue weighted by Gasteiger charge is -2.27. The second kappa shape index (κ2) is 17.6. The van der Waals surface area contributed by atoms with Crippen LogP contribution in [0.25, 0.3) is 32.9 Å². The van der Waals surface area contributed by atoms with E-state index >= 15 is 0 Å². The van der Waals surface area contributed by atoms with Gasteiger partial charge in [0.05, 0.1) is 69.5 Å². The Kier molecular flexibility index (Phi) is 12.0. The quantitative estimate of drug-likeness (QED) is 0.0927. The number of imide groups is 2. The first kappa shape index (κ1) is 37.6. The lowest BCUT2D eigenvalue weighted by molar-refractivity contribution is -0.136. The number of benzene rings is 2. The van der Waals surface area contributed by atoms with Crippen LogP contribution in [0.5, 0.6) is 5.88 Å². The molecule has 15 heteroatoms. The molecule has 2 N–H and O–H groups in total. The van der Waals surface area contributed by atoms with Gasteiger partial charge in [0.2, 0.25) is 17.7 Å². The summed E-state index contributed by atoms with van der Waals surface area (Å²) in [4.78, 5) is 59.7. The number of fused-ring (bicyclic) bond motifs is 4. The fourth-order valence-corrected chi connectivity index (χ4v) is 6.76. The summed E-state index contributed by atoms with van der Waals surface area (Å²) in [5.41, 5.74) is 5.28. The molecule has 7 rings (SSSR count). The normalized spacial score (nSPS) is 15.6. The zero-order chi connectivity index (χ0) is 38.1. The minimum atomic E-state index is -1.01. The van der Waals surface area contributed by atoms with E-state index in [0.717, 1.165) is 32.4 Å². The van der Waals surface area contributed by atoms with E-state index in [-0.39, 0.29) is 24.0 Å². The van der Waals surface area contributed by atoms with Crippen LogP contribution in [0, 0.1) is 0 Å². The summed E-state index contributed by atoms with van der Waals surface area (Å²) in [5, 5.41) is 7.65. The zero-order valence-electron chi connectivity index (χ0n) is 30.5. The molecular weight excluding hydrogens is 708 g/mol. The van der Waals surface area contributed by atoms with Gasteiger partial charge in [-0.25, -0.2) is 4.98 Å². The Morgan fingerprint density at radius 3 is 2.22 bits per heavy atom. The SMILES string of the molecule is Cn1c2ccncc2c2ccc(-c3ccc(OCCOCCOCCOCCOCCNc4cccc5c4C(=O)N(C4CCC(=O)NC4=O)C5=O)nc3)cc21. The summed E-state index contributed by atoms with van der Waals surface area (Å²) in [7, 11) is 2.06. The largest absolute Gasteiger partial charge is 0.475 e. The van der Waals surface area contributed by atoms with Crippen molar-refractivity contribution in [3.8, 4) is 17.0 Å². The van der Waals surface area contributed by atoms with Crippen LogP contribution in [-0.2, 0) is 35.6 Å². The fourth-order valence-electron chi connectivity index (χ4n) is 6.76. The van der Waals surface area contributed by atoms with E-state index in [1.54, 1.807) is 18.2 Å². The number of anilines is 1. The molecule has 2 aromatic carbocycles. The van der Waals surface area contributed by atoms with Crippen LogP contribution in [0.4, 0.5) is 5.69 Å². The average Bonchev–Trinajstić information content (AvgIpc) is 3.63. The second-order valence-corrected chi connectivity index (χ2v) is 13.0. The van der Waals surface area contributed by atoms with E-state index in [4.69, 9.17) is 23.7 Å². The minimum absolute atomic E-state index is 0.0660. The highest BCUT2D eigenvalue weighted by Crippen LogP contribution is 2.33. The molecule has 5 heterocycles. The number of hydrogen-bond acceptors (Lipinski definition) is 12. The number of rotatable bonds is 19. The Morgan fingerprint density at radius 2 is 1.49 bits per heavy atom. The number of ether oxygens (including phenoxy) is 5. The molecule has 1 unspecified atom stereocenters. The van der Waals surface area contributed by atoms with Crippen molar-refractivity contribution in [1.29, 1.82) is 0 Å². The summed E-state index contributed by atoms with van der Waals surface area (Å²) in [6.45, 7) is 3.95. The molecule has 15 nitrogen and oxygen atoms in total. The molecule has 1 atom stereocenters. The van der Waals surface area contributed by atoms with Gasteiger partial charge in [-0.15, -0.1) is 0 Å². The van der Waals surface area contributed by atoms with Gasteiger partial charge >= 0.3 is 0 Å². The number of nitrogens with zero attached hydrogens (tertiary/aromatic N) is 4. The van der Waals surface area contributed by atoms with Crippen LogP contribution < -0.4 is 15.4 Å².